The summed E-state index contributed by atoms with van der Waals surface area (Å²) in [4.78, 5) is 4.42. The van der Waals surface area contributed by atoms with Crippen LogP contribution in [-0.4, -0.2) is 16.7 Å². The van der Waals surface area contributed by atoms with E-state index in [1.165, 1.54) is 5.56 Å². The number of aryl methyl sites for hydroxylation is 1. The quantitative estimate of drug-likeness (QED) is 0.803. The maximum absolute atomic E-state index is 9.10. The van der Waals surface area contributed by atoms with Crippen molar-refractivity contribution < 1.29 is 5.11 Å². The van der Waals surface area contributed by atoms with Gasteiger partial charge in [0.25, 0.3) is 0 Å². The lowest BCUT2D eigenvalue weighted by Crippen LogP contribution is -2.17. The zero-order valence-electron chi connectivity index (χ0n) is 9.82. The number of nitrogen functional groups attached to an aromatic ring is 1. The molecule has 0 unspecified atom stereocenters. The average Bonchev–Trinajstić information content (AvgIpc) is 2.28. The van der Waals surface area contributed by atoms with Gasteiger partial charge < -0.3 is 10.8 Å². The minimum atomic E-state index is 0.329. The Balaban J connectivity index is 2.08. The fourth-order valence-corrected chi connectivity index (χ4v) is 2.57. The summed E-state index contributed by atoms with van der Waals surface area (Å²) in [6, 6.07) is 4.04. The Hall–Kier alpha value is -1.09. The van der Waals surface area contributed by atoms with Crippen LogP contribution in [0.4, 0.5) is 5.82 Å². The largest absolute Gasteiger partial charge is 0.396 e. The van der Waals surface area contributed by atoms with Crippen LogP contribution >= 0.6 is 0 Å². The van der Waals surface area contributed by atoms with E-state index < -0.39 is 0 Å². The normalized spacial score (nSPS) is 25.6. The van der Waals surface area contributed by atoms with Crippen LogP contribution in [0, 0.1) is 12.8 Å². The molecule has 16 heavy (non-hydrogen) atoms. The van der Waals surface area contributed by atoms with Gasteiger partial charge in [0.15, 0.2) is 0 Å². The standard InChI is InChI=1S/C13H20N2O/c1-9-6-12(15-13(14)7-9)11-4-2-10(8-16)3-5-11/h6-7,10-11,16H,2-5,8H2,1H3,(H2,14,15)/t10-,11-. The summed E-state index contributed by atoms with van der Waals surface area (Å²) in [7, 11) is 0. The van der Waals surface area contributed by atoms with Crippen molar-refractivity contribution in [2.45, 2.75) is 38.5 Å². The SMILES string of the molecule is Cc1cc(N)nc([C@H]2CC[C@H](CO)CC2)c1. The van der Waals surface area contributed by atoms with Gasteiger partial charge in [-0.3, -0.25) is 0 Å². The fraction of sp³-hybridized carbons (Fsp3) is 0.615. The first-order valence-electron chi connectivity index (χ1n) is 6.04. The first-order valence-corrected chi connectivity index (χ1v) is 6.04. The van der Waals surface area contributed by atoms with E-state index >= 15 is 0 Å². The Labute approximate surface area is 96.7 Å². The number of aliphatic hydroxyl groups excluding tert-OH is 1. The molecule has 1 aliphatic rings. The number of pyridine rings is 1. The molecule has 0 saturated heterocycles. The Morgan fingerprint density at radius 1 is 1.31 bits per heavy atom. The topological polar surface area (TPSA) is 59.1 Å². The lowest BCUT2D eigenvalue weighted by Gasteiger charge is -2.27. The summed E-state index contributed by atoms with van der Waals surface area (Å²) in [5.74, 6) is 1.66. The predicted octanol–water partition coefficient (Wildman–Crippen LogP) is 2.24. The molecule has 1 aromatic heterocycles. The zero-order valence-corrected chi connectivity index (χ0v) is 9.82. The van der Waals surface area contributed by atoms with Crippen LogP contribution < -0.4 is 5.73 Å². The Kier molecular flexibility index (Phi) is 3.44. The predicted molar refractivity (Wildman–Crippen MR) is 65.2 cm³/mol. The molecule has 2 rings (SSSR count). The molecule has 0 spiro atoms. The molecule has 1 saturated carbocycles. The second-order valence-corrected chi connectivity index (χ2v) is 4.89. The zero-order chi connectivity index (χ0) is 11.5. The number of hydrogen-bond donors (Lipinski definition) is 2. The third kappa shape index (κ3) is 2.53. The van der Waals surface area contributed by atoms with Crippen LogP contribution in [0.5, 0.6) is 0 Å². The van der Waals surface area contributed by atoms with Gasteiger partial charge in [0.05, 0.1) is 0 Å². The number of aromatic nitrogens is 1. The first kappa shape index (κ1) is 11.4. The number of nitrogens with zero attached hydrogens (tertiary/aromatic N) is 1. The van der Waals surface area contributed by atoms with Gasteiger partial charge in [-0.2, -0.15) is 0 Å². The van der Waals surface area contributed by atoms with Crippen molar-refractivity contribution in [1.82, 2.24) is 4.98 Å². The van der Waals surface area contributed by atoms with Gasteiger partial charge in [-0.25, -0.2) is 4.98 Å². The van der Waals surface area contributed by atoms with Crippen LogP contribution in [0.25, 0.3) is 0 Å². The molecule has 1 fully saturated rings. The van der Waals surface area contributed by atoms with Crippen molar-refractivity contribution in [3.63, 3.8) is 0 Å². The number of anilines is 1. The maximum Gasteiger partial charge on any atom is 0.123 e. The Morgan fingerprint density at radius 2 is 2.00 bits per heavy atom. The first-order chi connectivity index (χ1) is 7.69. The molecule has 3 N–H and O–H groups in total. The second kappa shape index (κ2) is 4.83. The minimum Gasteiger partial charge on any atom is -0.396 e. The van der Waals surface area contributed by atoms with E-state index in [9.17, 15) is 0 Å². The summed E-state index contributed by atoms with van der Waals surface area (Å²) in [6.07, 6.45) is 4.47. The molecule has 0 atom stereocenters. The van der Waals surface area contributed by atoms with Gasteiger partial charge in [-0.05, 0) is 56.2 Å². The van der Waals surface area contributed by atoms with E-state index in [2.05, 4.69) is 18.0 Å². The third-order valence-electron chi connectivity index (χ3n) is 3.53. The molecule has 1 aliphatic carbocycles. The number of rotatable bonds is 2. The maximum atomic E-state index is 9.10. The van der Waals surface area contributed by atoms with Crippen molar-refractivity contribution in [3.05, 3.63) is 23.4 Å². The van der Waals surface area contributed by atoms with Crippen LogP contribution in [0.3, 0.4) is 0 Å². The van der Waals surface area contributed by atoms with Gasteiger partial charge in [0, 0.05) is 18.2 Å². The van der Waals surface area contributed by atoms with E-state index in [0.717, 1.165) is 31.4 Å². The third-order valence-corrected chi connectivity index (χ3v) is 3.53. The monoisotopic (exact) mass is 220 g/mol. The van der Waals surface area contributed by atoms with Gasteiger partial charge in [-0.15, -0.1) is 0 Å². The van der Waals surface area contributed by atoms with Crippen LogP contribution in [-0.2, 0) is 0 Å². The molecule has 0 bridgehead atoms. The summed E-state index contributed by atoms with van der Waals surface area (Å²) < 4.78 is 0. The van der Waals surface area contributed by atoms with Crippen molar-refractivity contribution in [2.75, 3.05) is 12.3 Å². The number of hydrogen-bond acceptors (Lipinski definition) is 3. The van der Waals surface area contributed by atoms with Gasteiger partial charge >= 0.3 is 0 Å². The molecule has 3 heteroatoms. The van der Waals surface area contributed by atoms with Crippen LogP contribution in [0.1, 0.15) is 42.9 Å². The molecule has 0 amide bonds. The molecule has 1 heterocycles. The Bertz CT molecular complexity index is 337. The summed E-state index contributed by atoms with van der Waals surface area (Å²) in [6.45, 7) is 2.39. The lowest BCUT2D eigenvalue weighted by atomic mass is 9.80. The highest BCUT2D eigenvalue weighted by Crippen LogP contribution is 2.35. The summed E-state index contributed by atoms with van der Waals surface area (Å²) in [5, 5.41) is 9.10. The van der Waals surface area contributed by atoms with E-state index in [1.807, 2.05) is 6.07 Å². The van der Waals surface area contributed by atoms with Crippen LogP contribution in [0.2, 0.25) is 0 Å². The minimum absolute atomic E-state index is 0.329. The average molecular weight is 220 g/mol. The van der Waals surface area contributed by atoms with E-state index in [4.69, 9.17) is 10.8 Å². The summed E-state index contributed by atoms with van der Waals surface area (Å²) in [5.41, 5.74) is 8.09. The lowest BCUT2D eigenvalue weighted by molar-refractivity contribution is 0.182. The fourth-order valence-electron chi connectivity index (χ4n) is 2.57. The van der Waals surface area contributed by atoms with Crippen molar-refractivity contribution in [3.8, 4) is 0 Å². The highest BCUT2D eigenvalue weighted by atomic mass is 16.3. The van der Waals surface area contributed by atoms with Crippen LogP contribution in [0.15, 0.2) is 12.1 Å². The van der Waals surface area contributed by atoms with Gasteiger partial charge in [-0.1, -0.05) is 0 Å². The van der Waals surface area contributed by atoms with E-state index in [-0.39, 0.29) is 0 Å². The molecule has 1 aromatic rings. The highest BCUT2D eigenvalue weighted by molar-refractivity contribution is 5.35. The number of nitrogens with two attached hydrogens (primary N) is 1. The Morgan fingerprint density at radius 3 is 2.56 bits per heavy atom. The van der Waals surface area contributed by atoms with Crippen molar-refractivity contribution in [1.29, 1.82) is 0 Å². The highest BCUT2D eigenvalue weighted by Gasteiger charge is 2.22. The smallest absolute Gasteiger partial charge is 0.123 e. The van der Waals surface area contributed by atoms with E-state index in [1.54, 1.807) is 0 Å². The van der Waals surface area contributed by atoms with E-state index in [0.29, 0.717) is 24.3 Å². The molecule has 88 valence electrons. The molecular weight excluding hydrogens is 200 g/mol. The number of aliphatic hydroxyl groups is 1. The van der Waals surface area contributed by atoms with Gasteiger partial charge in [0.1, 0.15) is 5.82 Å². The second-order valence-electron chi connectivity index (χ2n) is 4.89. The van der Waals surface area contributed by atoms with Gasteiger partial charge in [0.2, 0.25) is 0 Å². The molecule has 3 nitrogen and oxygen atoms in total. The summed E-state index contributed by atoms with van der Waals surface area (Å²) >= 11 is 0. The van der Waals surface area contributed by atoms with Crippen molar-refractivity contribution >= 4 is 5.82 Å². The molecule has 0 radical (unpaired) electrons. The molecule has 0 aromatic carbocycles. The molecule has 0 aliphatic heterocycles. The van der Waals surface area contributed by atoms with Crippen molar-refractivity contribution in [2.24, 2.45) is 5.92 Å². The molecular formula is C13H20N2O.